The number of rotatable bonds is 4. The molecule has 0 bridgehead atoms. The van der Waals surface area contributed by atoms with Crippen LogP contribution in [0.2, 0.25) is 0 Å². The molecule has 1 saturated carbocycles. The van der Waals surface area contributed by atoms with Crippen LogP contribution in [0.15, 0.2) is 4.52 Å². The molecule has 94 valence electrons. The van der Waals surface area contributed by atoms with E-state index in [0.717, 1.165) is 24.7 Å². The third-order valence-electron chi connectivity index (χ3n) is 3.43. The van der Waals surface area contributed by atoms with Gasteiger partial charge in [0.1, 0.15) is 0 Å². The summed E-state index contributed by atoms with van der Waals surface area (Å²) in [5, 5.41) is 4.89. The first-order valence-electron chi connectivity index (χ1n) is 6.34. The molecular formula is C12H18N2O2S. The molecule has 3 rings (SSSR count). The van der Waals surface area contributed by atoms with Crippen LogP contribution in [0, 0.1) is 0 Å². The summed E-state index contributed by atoms with van der Waals surface area (Å²) in [6.45, 7) is 5.16. The van der Waals surface area contributed by atoms with Crippen molar-refractivity contribution in [1.29, 1.82) is 0 Å². The van der Waals surface area contributed by atoms with E-state index in [1.165, 1.54) is 12.8 Å². The van der Waals surface area contributed by atoms with E-state index in [2.05, 4.69) is 24.0 Å². The molecular weight excluding hydrogens is 236 g/mol. The van der Waals surface area contributed by atoms with Crippen molar-refractivity contribution >= 4 is 11.8 Å². The van der Waals surface area contributed by atoms with E-state index in [0.29, 0.717) is 17.3 Å². The summed E-state index contributed by atoms with van der Waals surface area (Å²) >= 11 is 1.89. The van der Waals surface area contributed by atoms with Gasteiger partial charge < -0.3 is 9.26 Å². The first-order chi connectivity index (χ1) is 8.24. The predicted octanol–water partition coefficient (Wildman–Crippen LogP) is 2.92. The Morgan fingerprint density at radius 1 is 1.35 bits per heavy atom. The average molecular weight is 254 g/mol. The fourth-order valence-corrected chi connectivity index (χ4v) is 3.40. The van der Waals surface area contributed by atoms with Crippen molar-refractivity contribution in [3.05, 3.63) is 11.7 Å². The van der Waals surface area contributed by atoms with Gasteiger partial charge in [0, 0.05) is 17.8 Å². The Labute approximate surface area is 105 Å². The highest BCUT2D eigenvalue weighted by Crippen LogP contribution is 2.41. The lowest BCUT2D eigenvalue weighted by Crippen LogP contribution is -2.14. The summed E-state index contributed by atoms with van der Waals surface area (Å²) in [7, 11) is 0. The van der Waals surface area contributed by atoms with E-state index in [1.54, 1.807) is 0 Å². The fraction of sp³-hybridized carbons (Fsp3) is 0.833. The number of thioether (sulfide) groups is 1. The van der Waals surface area contributed by atoms with E-state index in [-0.39, 0.29) is 5.25 Å². The van der Waals surface area contributed by atoms with Gasteiger partial charge in [0.25, 0.3) is 0 Å². The molecule has 1 aromatic rings. The second kappa shape index (κ2) is 4.61. The Morgan fingerprint density at radius 3 is 2.82 bits per heavy atom. The Bertz CT molecular complexity index is 392. The molecule has 1 aliphatic carbocycles. The van der Waals surface area contributed by atoms with Crippen LogP contribution in [0.5, 0.6) is 0 Å². The summed E-state index contributed by atoms with van der Waals surface area (Å²) in [6.07, 6.45) is 3.90. The summed E-state index contributed by atoms with van der Waals surface area (Å²) in [4.78, 5) is 4.50. The first-order valence-corrected chi connectivity index (χ1v) is 7.29. The van der Waals surface area contributed by atoms with Crippen molar-refractivity contribution in [2.45, 2.75) is 55.6 Å². The molecule has 1 aromatic heterocycles. The van der Waals surface area contributed by atoms with Crippen LogP contribution in [0.1, 0.15) is 56.0 Å². The van der Waals surface area contributed by atoms with E-state index in [9.17, 15) is 0 Å². The zero-order valence-electron chi connectivity index (χ0n) is 10.3. The van der Waals surface area contributed by atoms with Gasteiger partial charge in [-0.25, -0.2) is 0 Å². The maximum Gasteiger partial charge on any atom is 0.239 e. The van der Waals surface area contributed by atoms with Gasteiger partial charge in [0.2, 0.25) is 5.89 Å². The van der Waals surface area contributed by atoms with Crippen LogP contribution in [0.25, 0.3) is 0 Å². The Kier molecular flexibility index (Phi) is 3.13. The first kappa shape index (κ1) is 11.5. The highest BCUT2D eigenvalue weighted by molar-refractivity contribution is 8.00. The summed E-state index contributed by atoms with van der Waals surface area (Å²) in [5.41, 5.74) is 0. The van der Waals surface area contributed by atoms with Crippen LogP contribution >= 0.6 is 11.8 Å². The number of hydrogen-bond acceptors (Lipinski definition) is 5. The van der Waals surface area contributed by atoms with Crippen LogP contribution in [0.3, 0.4) is 0 Å². The highest BCUT2D eigenvalue weighted by atomic mass is 32.2. The normalized spacial score (nSPS) is 30.7. The lowest BCUT2D eigenvalue weighted by Gasteiger charge is -2.16. The van der Waals surface area contributed by atoms with Gasteiger partial charge in [0.05, 0.1) is 11.4 Å². The Hall–Kier alpha value is -0.550. The van der Waals surface area contributed by atoms with Gasteiger partial charge in [-0.05, 0) is 33.1 Å². The SMILES string of the molecule is C[C@H](S[C@@H]1CCO[C@H]1C)c1nc(C2CC2)no1. The Balaban J connectivity index is 1.62. The third-order valence-corrected chi connectivity index (χ3v) is 5.01. The summed E-state index contributed by atoms with van der Waals surface area (Å²) in [6, 6.07) is 0. The molecule has 0 N–H and O–H groups in total. The van der Waals surface area contributed by atoms with Crippen molar-refractivity contribution in [3.63, 3.8) is 0 Å². The topological polar surface area (TPSA) is 48.2 Å². The van der Waals surface area contributed by atoms with Gasteiger partial charge in [-0.1, -0.05) is 5.16 Å². The minimum Gasteiger partial charge on any atom is -0.377 e. The van der Waals surface area contributed by atoms with Crippen LogP contribution in [0.4, 0.5) is 0 Å². The molecule has 4 nitrogen and oxygen atoms in total. The maximum atomic E-state index is 5.57. The molecule has 0 aromatic carbocycles. The molecule has 0 radical (unpaired) electrons. The lowest BCUT2D eigenvalue weighted by atomic mass is 10.3. The van der Waals surface area contributed by atoms with E-state index >= 15 is 0 Å². The van der Waals surface area contributed by atoms with Gasteiger partial charge in [-0.2, -0.15) is 4.98 Å². The standard InChI is InChI=1S/C12H18N2O2S/c1-7-10(5-6-15-7)17-8(2)12-13-11(14-16-12)9-3-4-9/h7-10H,3-6H2,1-2H3/t7-,8-,10+/m0/s1. The molecule has 2 heterocycles. The number of nitrogens with zero attached hydrogens (tertiary/aromatic N) is 2. The molecule has 0 spiro atoms. The zero-order valence-corrected chi connectivity index (χ0v) is 11.1. The van der Waals surface area contributed by atoms with Crippen molar-refractivity contribution in [1.82, 2.24) is 10.1 Å². The predicted molar refractivity (Wildman–Crippen MR) is 66.1 cm³/mol. The number of ether oxygens (including phenoxy) is 1. The minimum atomic E-state index is 0.268. The third kappa shape index (κ3) is 2.50. The summed E-state index contributed by atoms with van der Waals surface area (Å²) < 4.78 is 10.9. The Morgan fingerprint density at radius 2 is 2.18 bits per heavy atom. The van der Waals surface area contributed by atoms with Crippen LogP contribution in [-0.2, 0) is 4.74 Å². The zero-order chi connectivity index (χ0) is 11.8. The average Bonchev–Trinajstić information content (AvgIpc) is 2.91. The fourth-order valence-electron chi connectivity index (χ4n) is 2.13. The quantitative estimate of drug-likeness (QED) is 0.826. The van der Waals surface area contributed by atoms with Gasteiger partial charge in [0.15, 0.2) is 5.82 Å². The van der Waals surface area contributed by atoms with Gasteiger partial charge in [-0.3, -0.25) is 0 Å². The second-order valence-electron chi connectivity index (χ2n) is 4.95. The van der Waals surface area contributed by atoms with Crippen molar-refractivity contribution in [2.75, 3.05) is 6.61 Å². The maximum absolute atomic E-state index is 5.57. The van der Waals surface area contributed by atoms with E-state index in [1.807, 2.05) is 11.8 Å². The van der Waals surface area contributed by atoms with E-state index < -0.39 is 0 Å². The monoisotopic (exact) mass is 254 g/mol. The minimum absolute atomic E-state index is 0.268. The number of hydrogen-bond donors (Lipinski definition) is 0. The van der Waals surface area contributed by atoms with Gasteiger partial charge in [-0.15, -0.1) is 11.8 Å². The van der Waals surface area contributed by atoms with Crippen LogP contribution < -0.4 is 0 Å². The molecule has 2 fully saturated rings. The highest BCUT2D eigenvalue weighted by Gasteiger charge is 2.32. The number of aromatic nitrogens is 2. The van der Waals surface area contributed by atoms with Crippen molar-refractivity contribution in [3.8, 4) is 0 Å². The van der Waals surface area contributed by atoms with Gasteiger partial charge >= 0.3 is 0 Å². The molecule has 5 heteroatoms. The lowest BCUT2D eigenvalue weighted by molar-refractivity contribution is 0.127. The van der Waals surface area contributed by atoms with E-state index in [4.69, 9.17) is 9.26 Å². The molecule has 3 atom stereocenters. The van der Waals surface area contributed by atoms with Crippen molar-refractivity contribution in [2.24, 2.45) is 0 Å². The van der Waals surface area contributed by atoms with Crippen molar-refractivity contribution < 1.29 is 9.26 Å². The summed E-state index contributed by atoms with van der Waals surface area (Å²) in [5.74, 6) is 2.25. The van der Waals surface area contributed by atoms with Crippen LogP contribution in [-0.4, -0.2) is 28.1 Å². The smallest absolute Gasteiger partial charge is 0.239 e. The molecule has 1 saturated heterocycles. The molecule has 0 amide bonds. The molecule has 17 heavy (non-hydrogen) atoms. The molecule has 2 aliphatic rings. The molecule has 0 unspecified atom stereocenters. The second-order valence-corrected chi connectivity index (χ2v) is 6.53. The molecule has 1 aliphatic heterocycles. The largest absolute Gasteiger partial charge is 0.377 e.